The van der Waals surface area contributed by atoms with Crippen molar-refractivity contribution in [1.29, 1.82) is 0 Å². The SMILES string of the molecule is CCOc1ccc(/C=N\S(=O)(=O)c2cccs2)cc1Br. The van der Waals surface area contributed by atoms with Crippen LogP contribution in [0, 0.1) is 0 Å². The first kappa shape index (κ1) is 15.2. The molecule has 0 amide bonds. The minimum absolute atomic E-state index is 0.235. The summed E-state index contributed by atoms with van der Waals surface area (Å²) in [5, 5.41) is 1.70. The molecule has 1 aromatic carbocycles. The van der Waals surface area contributed by atoms with Crippen molar-refractivity contribution >= 4 is 43.5 Å². The fourth-order valence-electron chi connectivity index (χ4n) is 1.46. The first-order valence-electron chi connectivity index (χ1n) is 5.79. The van der Waals surface area contributed by atoms with Crippen LogP contribution in [-0.4, -0.2) is 21.2 Å². The van der Waals surface area contributed by atoms with E-state index in [9.17, 15) is 8.42 Å². The maximum absolute atomic E-state index is 11.9. The molecule has 2 aromatic rings. The third kappa shape index (κ3) is 3.68. The summed E-state index contributed by atoms with van der Waals surface area (Å²) in [4.78, 5) is 0. The Hall–Kier alpha value is -1.18. The Labute approximate surface area is 130 Å². The largest absolute Gasteiger partial charge is 0.493 e. The number of sulfonamides is 1. The molecule has 0 unspecified atom stereocenters. The van der Waals surface area contributed by atoms with Gasteiger partial charge in [0.1, 0.15) is 9.96 Å². The molecule has 0 fully saturated rings. The van der Waals surface area contributed by atoms with Crippen LogP contribution in [0.3, 0.4) is 0 Å². The van der Waals surface area contributed by atoms with Crippen LogP contribution in [0.1, 0.15) is 12.5 Å². The zero-order valence-corrected chi connectivity index (χ0v) is 13.8. The van der Waals surface area contributed by atoms with Crippen LogP contribution in [0.25, 0.3) is 0 Å². The highest BCUT2D eigenvalue weighted by Gasteiger charge is 2.12. The van der Waals surface area contributed by atoms with Gasteiger partial charge in [-0.3, -0.25) is 0 Å². The Bertz CT molecular complexity index is 709. The third-order valence-electron chi connectivity index (χ3n) is 2.35. The summed E-state index contributed by atoms with van der Waals surface area (Å²) in [5.74, 6) is 0.714. The summed E-state index contributed by atoms with van der Waals surface area (Å²) in [5.41, 5.74) is 0.681. The fourth-order valence-corrected chi connectivity index (χ4v) is 3.82. The molecule has 0 atom stereocenters. The number of halogens is 1. The second kappa shape index (κ2) is 6.51. The summed E-state index contributed by atoms with van der Waals surface area (Å²) in [6, 6.07) is 8.50. The number of ether oxygens (including phenoxy) is 1. The smallest absolute Gasteiger partial charge is 0.291 e. The van der Waals surface area contributed by atoms with Crippen molar-refractivity contribution in [3.63, 3.8) is 0 Å². The topological polar surface area (TPSA) is 55.7 Å². The van der Waals surface area contributed by atoms with Crippen LogP contribution < -0.4 is 4.74 Å². The number of thiophene rings is 1. The second-order valence-corrected chi connectivity index (χ2v) is 7.43. The first-order valence-corrected chi connectivity index (χ1v) is 8.90. The van der Waals surface area contributed by atoms with Crippen LogP contribution in [0.15, 0.2) is 48.8 Å². The molecule has 2 rings (SSSR count). The maximum Gasteiger partial charge on any atom is 0.291 e. The highest BCUT2D eigenvalue weighted by molar-refractivity contribution is 9.10. The van der Waals surface area contributed by atoms with Gasteiger partial charge in [-0.15, -0.1) is 11.3 Å². The van der Waals surface area contributed by atoms with Gasteiger partial charge < -0.3 is 4.74 Å². The number of benzene rings is 1. The van der Waals surface area contributed by atoms with Crippen LogP contribution in [0.4, 0.5) is 0 Å². The van der Waals surface area contributed by atoms with E-state index in [1.54, 1.807) is 29.6 Å². The van der Waals surface area contributed by atoms with Crippen molar-refractivity contribution < 1.29 is 13.2 Å². The molecule has 0 aliphatic heterocycles. The molecule has 4 nitrogen and oxygen atoms in total. The number of rotatable bonds is 5. The summed E-state index contributed by atoms with van der Waals surface area (Å²) in [7, 11) is -3.61. The van der Waals surface area contributed by atoms with E-state index >= 15 is 0 Å². The van der Waals surface area contributed by atoms with Crippen LogP contribution >= 0.6 is 27.3 Å². The molecule has 1 heterocycles. The monoisotopic (exact) mass is 373 g/mol. The maximum atomic E-state index is 11.9. The molecule has 0 N–H and O–H groups in total. The minimum atomic E-state index is -3.61. The van der Waals surface area contributed by atoms with Gasteiger partial charge in [-0.05, 0) is 58.1 Å². The van der Waals surface area contributed by atoms with Gasteiger partial charge in [0.25, 0.3) is 10.0 Å². The Morgan fingerprint density at radius 1 is 1.40 bits per heavy atom. The van der Waals surface area contributed by atoms with Crippen molar-refractivity contribution in [3.8, 4) is 5.75 Å². The summed E-state index contributed by atoms with van der Waals surface area (Å²) in [6.45, 7) is 2.47. The predicted octanol–water partition coefficient (Wildman–Crippen LogP) is 3.72. The minimum Gasteiger partial charge on any atom is -0.493 e. The van der Waals surface area contributed by atoms with E-state index in [0.717, 1.165) is 15.8 Å². The molecular weight excluding hydrogens is 362 g/mol. The standard InChI is InChI=1S/C13H12BrNO3S2/c1-2-18-12-6-5-10(8-11(12)14)9-15-20(16,17)13-4-3-7-19-13/h3-9H,2H2,1H3/b15-9-. The lowest BCUT2D eigenvalue weighted by Crippen LogP contribution is -1.96. The van der Waals surface area contributed by atoms with Crippen molar-refractivity contribution in [1.82, 2.24) is 0 Å². The lowest BCUT2D eigenvalue weighted by Gasteiger charge is -2.05. The van der Waals surface area contributed by atoms with Gasteiger partial charge in [0.2, 0.25) is 0 Å². The van der Waals surface area contributed by atoms with Crippen molar-refractivity contribution in [3.05, 3.63) is 45.7 Å². The van der Waals surface area contributed by atoms with Gasteiger partial charge in [-0.25, -0.2) is 0 Å². The zero-order valence-electron chi connectivity index (χ0n) is 10.6. The van der Waals surface area contributed by atoms with Gasteiger partial charge in [0, 0.05) is 6.21 Å². The summed E-state index contributed by atoms with van der Waals surface area (Å²) in [6.07, 6.45) is 1.33. The summed E-state index contributed by atoms with van der Waals surface area (Å²) >= 11 is 4.52. The van der Waals surface area contributed by atoms with E-state index in [4.69, 9.17) is 4.74 Å². The van der Waals surface area contributed by atoms with Crippen molar-refractivity contribution in [2.45, 2.75) is 11.1 Å². The molecule has 0 aliphatic rings. The fraction of sp³-hybridized carbons (Fsp3) is 0.154. The molecule has 0 spiro atoms. The van der Waals surface area contributed by atoms with E-state index in [1.165, 1.54) is 12.3 Å². The average molecular weight is 374 g/mol. The van der Waals surface area contributed by atoms with Crippen LogP contribution in [-0.2, 0) is 10.0 Å². The molecule has 0 saturated carbocycles. The molecule has 1 aromatic heterocycles. The molecule has 0 saturated heterocycles. The second-order valence-electron chi connectivity index (χ2n) is 3.76. The van der Waals surface area contributed by atoms with Crippen molar-refractivity contribution in [2.75, 3.05) is 6.61 Å². The third-order valence-corrected chi connectivity index (χ3v) is 5.57. The zero-order chi connectivity index (χ0) is 14.6. The van der Waals surface area contributed by atoms with E-state index in [2.05, 4.69) is 20.3 Å². The number of hydrogen-bond donors (Lipinski definition) is 0. The molecule has 0 aliphatic carbocycles. The van der Waals surface area contributed by atoms with Gasteiger partial charge in [-0.1, -0.05) is 6.07 Å². The van der Waals surface area contributed by atoms with Crippen LogP contribution in [0.5, 0.6) is 5.75 Å². The Balaban J connectivity index is 2.22. The number of nitrogens with zero attached hydrogens (tertiary/aromatic N) is 1. The van der Waals surface area contributed by atoms with E-state index in [0.29, 0.717) is 17.9 Å². The van der Waals surface area contributed by atoms with Gasteiger partial charge in [0.15, 0.2) is 0 Å². The van der Waals surface area contributed by atoms with E-state index in [-0.39, 0.29) is 4.21 Å². The van der Waals surface area contributed by atoms with E-state index < -0.39 is 10.0 Å². The average Bonchev–Trinajstić information content (AvgIpc) is 2.94. The molecular formula is C13H12BrNO3S2. The predicted molar refractivity (Wildman–Crippen MR) is 84.4 cm³/mol. The Morgan fingerprint density at radius 2 is 2.20 bits per heavy atom. The van der Waals surface area contributed by atoms with E-state index in [1.807, 2.05) is 6.92 Å². The molecule has 7 heteroatoms. The lowest BCUT2D eigenvalue weighted by molar-refractivity contribution is 0.338. The quantitative estimate of drug-likeness (QED) is 0.750. The van der Waals surface area contributed by atoms with Gasteiger partial charge >= 0.3 is 0 Å². The molecule has 0 bridgehead atoms. The normalized spacial score (nSPS) is 11.9. The number of hydrogen-bond acceptors (Lipinski definition) is 4. The van der Waals surface area contributed by atoms with Crippen molar-refractivity contribution in [2.24, 2.45) is 4.40 Å². The first-order chi connectivity index (χ1) is 9.53. The van der Waals surface area contributed by atoms with Gasteiger partial charge in [-0.2, -0.15) is 12.8 Å². The molecule has 20 heavy (non-hydrogen) atoms. The Morgan fingerprint density at radius 3 is 2.80 bits per heavy atom. The lowest BCUT2D eigenvalue weighted by atomic mass is 10.2. The molecule has 0 radical (unpaired) electrons. The van der Waals surface area contributed by atoms with Crippen LogP contribution in [0.2, 0.25) is 0 Å². The van der Waals surface area contributed by atoms with Gasteiger partial charge in [0.05, 0.1) is 11.1 Å². The molecule has 106 valence electrons. The highest BCUT2D eigenvalue weighted by Crippen LogP contribution is 2.25. The Kier molecular flexibility index (Phi) is 4.95. The highest BCUT2D eigenvalue weighted by atomic mass is 79.9. The summed E-state index contributed by atoms with van der Waals surface area (Å²) < 4.78 is 33.9.